The first kappa shape index (κ1) is 13.5. The predicted octanol–water partition coefficient (Wildman–Crippen LogP) is 0.781. The van der Waals surface area contributed by atoms with Crippen LogP contribution in [0.3, 0.4) is 0 Å². The summed E-state index contributed by atoms with van der Waals surface area (Å²) in [5.41, 5.74) is 4.89. The molecule has 0 saturated heterocycles. The lowest BCUT2D eigenvalue weighted by Crippen LogP contribution is -2.49. The van der Waals surface area contributed by atoms with E-state index in [9.17, 15) is 9.90 Å². The van der Waals surface area contributed by atoms with Crippen LogP contribution >= 0.6 is 0 Å². The predicted molar refractivity (Wildman–Crippen MR) is 63.9 cm³/mol. The highest BCUT2D eigenvalue weighted by molar-refractivity contribution is 5.81. The van der Waals surface area contributed by atoms with Crippen molar-refractivity contribution in [2.45, 2.75) is 57.6 Å². The van der Waals surface area contributed by atoms with Gasteiger partial charge < -0.3 is 16.2 Å². The Morgan fingerprint density at radius 3 is 2.62 bits per heavy atom. The molecule has 1 unspecified atom stereocenters. The van der Waals surface area contributed by atoms with Crippen LogP contribution in [0.1, 0.15) is 46.0 Å². The van der Waals surface area contributed by atoms with Crippen LogP contribution in [0.2, 0.25) is 0 Å². The van der Waals surface area contributed by atoms with Gasteiger partial charge >= 0.3 is 0 Å². The number of carbonyl (C=O) groups is 1. The van der Waals surface area contributed by atoms with Crippen molar-refractivity contribution >= 4 is 5.91 Å². The first-order chi connectivity index (χ1) is 7.47. The summed E-state index contributed by atoms with van der Waals surface area (Å²) in [4.78, 5) is 11.5. The van der Waals surface area contributed by atoms with Crippen molar-refractivity contribution in [2.75, 3.05) is 6.54 Å². The molecule has 4 heteroatoms. The van der Waals surface area contributed by atoms with E-state index in [1.165, 1.54) is 0 Å². The molecule has 4 nitrogen and oxygen atoms in total. The van der Waals surface area contributed by atoms with E-state index in [0.29, 0.717) is 18.9 Å². The summed E-state index contributed by atoms with van der Waals surface area (Å²) in [6, 6.07) is -0.453. The number of amides is 1. The molecule has 0 radical (unpaired) electrons. The van der Waals surface area contributed by atoms with Gasteiger partial charge in [0.05, 0.1) is 11.6 Å². The van der Waals surface area contributed by atoms with Crippen LogP contribution in [-0.4, -0.2) is 29.2 Å². The normalized spacial score (nSPS) is 32.1. The molecule has 1 aliphatic rings. The van der Waals surface area contributed by atoms with Crippen molar-refractivity contribution in [2.24, 2.45) is 11.7 Å². The third-order valence-corrected chi connectivity index (χ3v) is 3.57. The third-order valence-electron chi connectivity index (χ3n) is 3.57. The fourth-order valence-electron chi connectivity index (χ4n) is 2.04. The van der Waals surface area contributed by atoms with Crippen LogP contribution in [0.4, 0.5) is 0 Å². The zero-order chi connectivity index (χ0) is 12.2. The Morgan fingerprint density at radius 2 is 2.12 bits per heavy atom. The Balaban J connectivity index is 2.34. The molecule has 1 aliphatic carbocycles. The second kappa shape index (κ2) is 5.64. The Hall–Kier alpha value is -0.610. The largest absolute Gasteiger partial charge is 0.388 e. The minimum atomic E-state index is -0.713. The maximum Gasteiger partial charge on any atom is 0.237 e. The van der Waals surface area contributed by atoms with E-state index in [4.69, 9.17) is 5.73 Å². The second-order valence-electron chi connectivity index (χ2n) is 5.14. The molecule has 16 heavy (non-hydrogen) atoms. The number of nitrogens with two attached hydrogens (primary N) is 1. The van der Waals surface area contributed by atoms with Crippen LogP contribution in [0.25, 0.3) is 0 Å². The van der Waals surface area contributed by atoms with Gasteiger partial charge in [-0.05, 0) is 38.0 Å². The summed E-state index contributed by atoms with van der Waals surface area (Å²) < 4.78 is 0. The summed E-state index contributed by atoms with van der Waals surface area (Å²) in [6.45, 7) is 4.42. The van der Waals surface area contributed by atoms with E-state index in [1.54, 1.807) is 0 Å². The van der Waals surface area contributed by atoms with Gasteiger partial charge in [0.25, 0.3) is 0 Å². The summed E-state index contributed by atoms with van der Waals surface area (Å²) in [5, 5.41) is 13.0. The fourth-order valence-corrected chi connectivity index (χ4v) is 2.04. The minimum absolute atomic E-state index is 0.158. The van der Waals surface area contributed by atoms with E-state index in [0.717, 1.165) is 25.7 Å². The quantitative estimate of drug-likeness (QED) is 0.665. The lowest BCUT2D eigenvalue weighted by atomic mass is 9.79. The molecule has 0 aromatic heterocycles. The average molecular weight is 228 g/mol. The van der Waals surface area contributed by atoms with Gasteiger partial charge in [0, 0.05) is 6.54 Å². The zero-order valence-corrected chi connectivity index (χ0v) is 10.3. The van der Waals surface area contributed by atoms with E-state index in [1.807, 2.05) is 6.92 Å². The summed E-state index contributed by atoms with van der Waals surface area (Å²) in [6.07, 6.45) is 4.24. The average Bonchev–Trinajstić information content (AvgIpc) is 2.29. The molecule has 1 fully saturated rings. The van der Waals surface area contributed by atoms with Crippen LogP contribution in [-0.2, 0) is 4.79 Å². The van der Waals surface area contributed by atoms with Gasteiger partial charge in [-0.25, -0.2) is 0 Å². The molecule has 4 N–H and O–H groups in total. The summed E-state index contributed by atoms with van der Waals surface area (Å²) >= 11 is 0. The minimum Gasteiger partial charge on any atom is -0.388 e. The van der Waals surface area contributed by atoms with E-state index in [-0.39, 0.29) is 5.91 Å². The van der Waals surface area contributed by atoms with Gasteiger partial charge in [0.1, 0.15) is 0 Å². The van der Waals surface area contributed by atoms with Crippen LogP contribution < -0.4 is 11.1 Å². The molecule has 1 amide bonds. The molecule has 0 bridgehead atoms. The number of hydrogen-bond donors (Lipinski definition) is 3. The van der Waals surface area contributed by atoms with E-state index < -0.39 is 11.6 Å². The van der Waals surface area contributed by atoms with Gasteiger partial charge in [0.15, 0.2) is 0 Å². The highest BCUT2D eigenvalue weighted by Gasteiger charge is 2.32. The Bertz CT molecular complexity index is 235. The van der Waals surface area contributed by atoms with Crippen LogP contribution in [0.5, 0.6) is 0 Å². The maximum absolute atomic E-state index is 11.5. The standard InChI is InChI=1S/C12H24N2O2/c1-3-10(13)11(15)14-8-12(16)6-4-9(2)5-7-12/h9-10,16H,3-8,13H2,1-2H3,(H,14,15). The van der Waals surface area contributed by atoms with Crippen LogP contribution in [0, 0.1) is 5.92 Å². The number of rotatable bonds is 4. The molecule has 0 aliphatic heterocycles. The molecule has 94 valence electrons. The SMILES string of the molecule is CCC(N)C(=O)NCC1(O)CCC(C)CC1. The number of aliphatic hydroxyl groups is 1. The summed E-state index contributed by atoms with van der Waals surface area (Å²) in [5.74, 6) is 0.531. The van der Waals surface area contributed by atoms with Gasteiger partial charge in [-0.3, -0.25) is 4.79 Å². The number of nitrogens with one attached hydrogen (secondary N) is 1. The molecular weight excluding hydrogens is 204 g/mol. The van der Waals surface area contributed by atoms with Crippen molar-refractivity contribution in [3.8, 4) is 0 Å². The van der Waals surface area contributed by atoms with Crippen molar-refractivity contribution in [3.05, 3.63) is 0 Å². The Kier molecular flexibility index (Phi) is 4.74. The highest BCUT2D eigenvalue weighted by atomic mass is 16.3. The van der Waals surface area contributed by atoms with Crippen molar-refractivity contribution in [1.29, 1.82) is 0 Å². The van der Waals surface area contributed by atoms with E-state index >= 15 is 0 Å². The Labute approximate surface area is 97.6 Å². The summed E-state index contributed by atoms with van der Waals surface area (Å²) in [7, 11) is 0. The molecule has 0 aromatic carbocycles. The molecule has 0 heterocycles. The highest BCUT2D eigenvalue weighted by Crippen LogP contribution is 2.31. The second-order valence-corrected chi connectivity index (χ2v) is 5.14. The third kappa shape index (κ3) is 3.76. The van der Waals surface area contributed by atoms with Crippen molar-refractivity contribution in [3.63, 3.8) is 0 Å². The van der Waals surface area contributed by atoms with Gasteiger partial charge in [-0.1, -0.05) is 13.8 Å². The zero-order valence-electron chi connectivity index (χ0n) is 10.3. The molecule has 1 atom stereocenters. The fraction of sp³-hybridized carbons (Fsp3) is 0.917. The van der Waals surface area contributed by atoms with Gasteiger partial charge in [-0.15, -0.1) is 0 Å². The lowest BCUT2D eigenvalue weighted by molar-refractivity contribution is -0.124. The first-order valence-electron chi connectivity index (χ1n) is 6.22. The van der Waals surface area contributed by atoms with Crippen molar-refractivity contribution in [1.82, 2.24) is 5.32 Å². The smallest absolute Gasteiger partial charge is 0.237 e. The van der Waals surface area contributed by atoms with E-state index in [2.05, 4.69) is 12.2 Å². The molecule has 0 spiro atoms. The topological polar surface area (TPSA) is 75.4 Å². The number of carbonyl (C=O) groups excluding carboxylic acids is 1. The Morgan fingerprint density at radius 1 is 1.56 bits per heavy atom. The molecule has 0 aromatic rings. The maximum atomic E-state index is 11.5. The van der Waals surface area contributed by atoms with Crippen molar-refractivity contribution < 1.29 is 9.90 Å². The monoisotopic (exact) mass is 228 g/mol. The lowest BCUT2D eigenvalue weighted by Gasteiger charge is -2.35. The van der Waals surface area contributed by atoms with Gasteiger partial charge in [0.2, 0.25) is 5.91 Å². The first-order valence-corrected chi connectivity index (χ1v) is 6.22. The van der Waals surface area contributed by atoms with Gasteiger partial charge in [-0.2, -0.15) is 0 Å². The number of hydrogen-bond acceptors (Lipinski definition) is 3. The molecular formula is C12H24N2O2. The molecule has 1 saturated carbocycles. The van der Waals surface area contributed by atoms with Crippen LogP contribution in [0.15, 0.2) is 0 Å². The molecule has 1 rings (SSSR count).